The molecule has 3 heteroatoms. The molecule has 0 amide bonds. The van der Waals surface area contributed by atoms with Gasteiger partial charge in [0.2, 0.25) is 0 Å². The van der Waals surface area contributed by atoms with Crippen LogP contribution in [0.5, 0.6) is 0 Å². The average molecular weight is 285 g/mol. The largest absolute Gasteiger partial charge is 0.330 e. The van der Waals surface area contributed by atoms with E-state index in [1.165, 1.54) is 24.8 Å². The van der Waals surface area contributed by atoms with Gasteiger partial charge in [0.15, 0.2) is 0 Å². The highest BCUT2D eigenvalue weighted by Gasteiger charge is 2.28. The van der Waals surface area contributed by atoms with Gasteiger partial charge in [-0.2, -0.15) is 0 Å². The van der Waals surface area contributed by atoms with Crippen LogP contribution in [0.1, 0.15) is 51.9 Å². The van der Waals surface area contributed by atoms with Gasteiger partial charge in [-0.3, -0.25) is 0 Å². The van der Waals surface area contributed by atoms with Crippen LogP contribution in [0, 0.1) is 11.8 Å². The summed E-state index contributed by atoms with van der Waals surface area (Å²) < 4.78 is 2.23. The van der Waals surface area contributed by atoms with Crippen molar-refractivity contribution in [2.75, 3.05) is 0 Å². The van der Waals surface area contributed by atoms with E-state index in [0.717, 1.165) is 23.2 Å². The molecule has 0 aliphatic heterocycles. The molecule has 1 fully saturated rings. The predicted octanol–water partition coefficient (Wildman–Crippen LogP) is 4.05. The highest BCUT2D eigenvalue weighted by molar-refractivity contribution is 5.75. The molecule has 1 aromatic carbocycles. The van der Waals surface area contributed by atoms with Crippen molar-refractivity contribution >= 4 is 11.0 Å². The van der Waals surface area contributed by atoms with E-state index in [1.807, 2.05) is 0 Å². The molecule has 4 unspecified atom stereocenters. The molecule has 0 radical (unpaired) electrons. The first-order chi connectivity index (χ1) is 10.1. The monoisotopic (exact) mass is 285 g/mol. The van der Waals surface area contributed by atoms with Crippen LogP contribution in [0.25, 0.3) is 11.0 Å². The number of hydrogen-bond donors (Lipinski definition) is 1. The van der Waals surface area contributed by atoms with E-state index in [4.69, 9.17) is 4.98 Å². The second-order valence-electron chi connectivity index (χ2n) is 6.78. The van der Waals surface area contributed by atoms with E-state index >= 15 is 0 Å². The summed E-state index contributed by atoms with van der Waals surface area (Å²) in [5, 5.41) is 3.83. The topological polar surface area (TPSA) is 29.9 Å². The third-order valence-corrected chi connectivity index (χ3v) is 5.38. The first-order valence-electron chi connectivity index (χ1n) is 8.25. The summed E-state index contributed by atoms with van der Waals surface area (Å²) in [5.74, 6) is 2.71. The third kappa shape index (κ3) is 2.71. The van der Waals surface area contributed by atoms with Crippen LogP contribution in [0.4, 0.5) is 0 Å². The molecule has 0 saturated heterocycles. The van der Waals surface area contributed by atoms with Gasteiger partial charge in [0.25, 0.3) is 0 Å². The van der Waals surface area contributed by atoms with Crippen molar-refractivity contribution in [1.82, 2.24) is 14.9 Å². The number of para-hydroxylation sites is 2. The van der Waals surface area contributed by atoms with Gasteiger partial charge < -0.3 is 9.88 Å². The number of fused-ring (bicyclic) bond motifs is 1. The lowest BCUT2D eigenvalue weighted by Crippen LogP contribution is -2.42. The minimum absolute atomic E-state index is 0.292. The fourth-order valence-corrected chi connectivity index (χ4v) is 3.76. The molecule has 1 aliphatic rings. The summed E-state index contributed by atoms with van der Waals surface area (Å²) in [4.78, 5) is 4.82. The molecular formula is C18H27N3. The minimum atomic E-state index is 0.292. The van der Waals surface area contributed by atoms with Gasteiger partial charge in [-0.05, 0) is 37.3 Å². The van der Waals surface area contributed by atoms with E-state index in [2.05, 4.69) is 62.0 Å². The number of aromatic nitrogens is 2. The molecule has 4 atom stereocenters. The van der Waals surface area contributed by atoms with E-state index < -0.39 is 0 Å². The summed E-state index contributed by atoms with van der Waals surface area (Å²) in [6.45, 7) is 7.02. The molecule has 1 aliphatic carbocycles. The van der Waals surface area contributed by atoms with Crippen LogP contribution < -0.4 is 5.32 Å². The van der Waals surface area contributed by atoms with Crippen molar-refractivity contribution in [2.45, 2.75) is 52.1 Å². The zero-order chi connectivity index (χ0) is 15.0. The molecule has 21 heavy (non-hydrogen) atoms. The molecule has 0 spiro atoms. The lowest BCUT2D eigenvalue weighted by atomic mass is 9.78. The van der Waals surface area contributed by atoms with E-state index in [1.54, 1.807) is 0 Å². The van der Waals surface area contributed by atoms with Gasteiger partial charge in [-0.15, -0.1) is 0 Å². The third-order valence-electron chi connectivity index (χ3n) is 5.38. The predicted molar refractivity (Wildman–Crippen MR) is 88.2 cm³/mol. The Morgan fingerprint density at radius 2 is 2.00 bits per heavy atom. The number of hydrogen-bond acceptors (Lipinski definition) is 2. The zero-order valence-electron chi connectivity index (χ0n) is 13.6. The van der Waals surface area contributed by atoms with E-state index in [0.29, 0.717) is 12.1 Å². The van der Waals surface area contributed by atoms with Crippen LogP contribution in [0.2, 0.25) is 0 Å². The Morgan fingerprint density at radius 1 is 1.24 bits per heavy atom. The molecule has 1 aromatic heterocycles. The minimum Gasteiger partial charge on any atom is -0.330 e. The van der Waals surface area contributed by atoms with Crippen molar-refractivity contribution in [3.8, 4) is 0 Å². The molecule has 3 rings (SSSR count). The molecule has 114 valence electrons. The van der Waals surface area contributed by atoms with Gasteiger partial charge in [0, 0.05) is 13.1 Å². The van der Waals surface area contributed by atoms with Gasteiger partial charge in [-0.25, -0.2) is 4.98 Å². The SMILES string of the molecule is CC(NC1CCCC(C)C1C)c1nc2ccccc2n1C. The first-order valence-corrected chi connectivity index (χ1v) is 8.25. The number of aryl methyl sites for hydroxylation is 1. The molecule has 3 nitrogen and oxygen atoms in total. The van der Waals surface area contributed by atoms with E-state index in [9.17, 15) is 0 Å². The second kappa shape index (κ2) is 5.80. The lowest BCUT2D eigenvalue weighted by molar-refractivity contribution is 0.194. The fraction of sp³-hybridized carbons (Fsp3) is 0.611. The van der Waals surface area contributed by atoms with Gasteiger partial charge >= 0.3 is 0 Å². The number of benzene rings is 1. The van der Waals surface area contributed by atoms with E-state index in [-0.39, 0.29) is 0 Å². The average Bonchev–Trinajstić information content (AvgIpc) is 2.82. The van der Waals surface area contributed by atoms with Crippen LogP contribution >= 0.6 is 0 Å². The maximum Gasteiger partial charge on any atom is 0.126 e. The second-order valence-corrected chi connectivity index (χ2v) is 6.78. The molecule has 2 aromatic rings. The van der Waals surface area contributed by atoms with Crippen molar-refractivity contribution in [1.29, 1.82) is 0 Å². The number of imidazole rings is 1. The molecule has 1 heterocycles. The summed E-state index contributed by atoms with van der Waals surface area (Å²) >= 11 is 0. The Labute approximate surface area is 127 Å². The van der Waals surface area contributed by atoms with Crippen molar-refractivity contribution < 1.29 is 0 Å². The molecule has 1 N–H and O–H groups in total. The van der Waals surface area contributed by atoms with Crippen LogP contribution in [0.15, 0.2) is 24.3 Å². The van der Waals surface area contributed by atoms with Crippen molar-refractivity contribution in [3.05, 3.63) is 30.1 Å². The quantitative estimate of drug-likeness (QED) is 0.922. The Morgan fingerprint density at radius 3 is 2.76 bits per heavy atom. The van der Waals surface area contributed by atoms with Crippen LogP contribution in [0.3, 0.4) is 0 Å². The maximum atomic E-state index is 4.82. The highest BCUT2D eigenvalue weighted by atomic mass is 15.1. The first kappa shape index (κ1) is 14.6. The number of nitrogens with one attached hydrogen (secondary N) is 1. The summed E-state index contributed by atoms with van der Waals surface area (Å²) in [7, 11) is 2.12. The zero-order valence-corrected chi connectivity index (χ0v) is 13.6. The Balaban J connectivity index is 1.80. The Bertz CT molecular complexity index is 616. The van der Waals surface area contributed by atoms with Gasteiger partial charge in [-0.1, -0.05) is 38.8 Å². The lowest BCUT2D eigenvalue weighted by Gasteiger charge is -2.36. The van der Waals surface area contributed by atoms with Gasteiger partial charge in [0.05, 0.1) is 17.1 Å². The Hall–Kier alpha value is -1.35. The molecule has 1 saturated carbocycles. The summed E-state index contributed by atoms with van der Waals surface area (Å²) in [5.41, 5.74) is 2.31. The van der Waals surface area contributed by atoms with Gasteiger partial charge in [0.1, 0.15) is 5.82 Å². The summed E-state index contributed by atoms with van der Waals surface area (Å²) in [6, 6.07) is 9.28. The smallest absolute Gasteiger partial charge is 0.126 e. The van der Waals surface area contributed by atoms with Crippen molar-refractivity contribution in [3.63, 3.8) is 0 Å². The maximum absolute atomic E-state index is 4.82. The normalized spacial score (nSPS) is 27.9. The number of rotatable bonds is 3. The highest BCUT2D eigenvalue weighted by Crippen LogP contribution is 2.31. The Kier molecular flexibility index (Phi) is 4.03. The number of nitrogens with zero attached hydrogens (tertiary/aromatic N) is 2. The van der Waals surface area contributed by atoms with Crippen LogP contribution in [-0.2, 0) is 7.05 Å². The van der Waals surface area contributed by atoms with Crippen LogP contribution in [-0.4, -0.2) is 15.6 Å². The molecular weight excluding hydrogens is 258 g/mol. The van der Waals surface area contributed by atoms with Crippen molar-refractivity contribution in [2.24, 2.45) is 18.9 Å². The summed E-state index contributed by atoms with van der Waals surface area (Å²) in [6.07, 6.45) is 4.01. The fourth-order valence-electron chi connectivity index (χ4n) is 3.76. The molecule has 0 bridgehead atoms. The standard InChI is InChI=1S/C18H27N3/c1-12-8-7-10-15(13(12)2)19-14(3)18-20-16-9-5-6-11-17(16)21(18)4/h5-6,9,11-15,19H,7-8,10H2,1-4H3.